The summed E-state index contributed by atoms with van der Waals surface area (Å²) < 4.78 is 120. The van der Waals surface area contributed by atoms with Gasteiger partial charge in [0.2, 0.25) is 40.7 Å². The zero-order chi connectivity index (χ0) is 34.4. The lowest BCUT2D eigenvalue weighted by Crippen LogP contribution is -2.42. The van der Waals surface area contributed by atoms with E-state index in [1.807, 2.05) is 13.8 Å². The van der Waals surface area contributed by atoms with E-state index < -0.39 is 67.6 Å². The number of halogens is 6. The highest BCUT2D eigenvalue weighted by molar-refractivity contribution is 7.87. The topological polar surface area (TPSA) is 72.9 Å². The van der Waals surface area contributed by atoms with E-state index in [1.54, 1.807) is 35.2 Å². The van der Waals surface area contributed by atoms with Gasteiger partial charge >= 0.3 is 10.1 Å². The number of hydrogen-bond acceptors (Lipinski definition) is 5. The highest BCUT2D eigenvalue weighted by atomic mass is 32.2. The van der Waals surface area contributed by atoms with Crippen LogP contribution in [0.4, 0.5) is 26.3 Å². The van der Waals surface area contributed by atoms with Gasteiger partial charge < -0.3 is 13.8 Å². The van der Waals surface area contributed by atoms with E-state index in [0.717, 1.165) is 6.07 Å². The highest BCUT2D eigenvalue weighted by Crippen LogP contribution is 2.46. The van der Waals surface area contributed by atoms with Crippen LogP contribution >= 0.6 is 0 Å². The number of amides is 1. The maximum atomic E-state index is 14.3. The van der Waals surface area contributed by atoms with Gasteiger partial charge in [-0.2, -0.15) is 17.2 Å². The van der Waals surface area contributed by atoms with Gasteiger partial charge in [-0.3, -0.25) is 4.79 Å². The van der Waals surface area contributed by atoms with Crippen molar-refractivity contribution in [3.8, 4) is 22.6 Å². The van der Waals surface area contributed by atoms with Crippen molar-refractivity contribution in [2.45, 2.75) is 44.0 Å². The molecule has 6 nitrogen and oxygen atoms in total. The first-order chi connectivity index (χ1) is 22.1. The summed E-state index contributed by atoms with van der Waals surface area (Å²) in [7, 11) is -3.69. The molecule has 2 atom stereocenters. The molecule has 1 aliphatic heterocycles. The van der Waals surface area contributed by atoms with Crippen molar-refractivity contribution >= 4 is 16.0 Å². The molecule has 0 aliphatic carbocycles. The van der Waals surface area contributed by atoms with Crippen LogP contribution < -0.4 is 8.92 Å². The lowest BCUT2D eigenvalue weighted by atomic mass is 9.79. The molecule has 0 bridgehead atoms. The van der Waals surface area contributed by atoms with Crippen LogP contribution in [0.2, 0.25) is 0 Å². The minimum absolute atomic E-state index is 0.0863. The van der Waals surface area contributed by atoms with Crippen molar-refractivity contribution in [1.82, 2.24) is 4.90 Å². The van der Waals surface area contributed by atoms with E-state index >= 15 is 0 Å². The monoisotopic (exact) mass is 677 g/mol. The van der Waals surface area contributed by atoms with Gasteiger partial charge in [0, 0.05) is 24.9 Å². The Morgan fingerprint density at radius 1 is 0.830 bits per heavy atom. The van der Waals surface area contributed by atoms with E-state index in [1.165, 1.54) is 38.3 Å². The second-order valence-corrected chi connectivity index (χ2v) is 13.1. The molecule has 0 saturated carbocycles. The molecule has 0 fully saturated rings. The molecule has 4 aromatic rings. The molecule has 248 valence electrons. The standard InChI is InChI=1S/C34H29F6NO5S/c1-17(2)12-21-16-41(18(3)42)33(25-10-8-20(14-27(25)45-4)19-6-5-7-22(35)13-19)24-11-9-23(15-26(21)24)47(43,44)46-34-31(39)29(37)28(36)30(38)32(34)40/h5-11,13-15,17,21,33H,12,16H2,1-4H3. The molecule has 5 rings (SSSR count). The Kier molecular flexibility index (Phi) is 9.31. The summed E-state index contributed by atoms with van der Waals surface area (Å²) in [6.45, 7) is 5.42. The Morgan fingerprint density at radius 2 is 1.45 bits per heavy atom. The van der Waals surface area contributed by atoms with Gasteiger partial charge in [-0.1, -0.05) is 44.2 Å². The number of methoxy groups -OCH3 is 1. The number of carbonyl (C=O) groups is 1. The van der Waals surface area contributed by atoms with Crippen molar-refractivity contribution in [3.63, 3.8) is 0 Å². The second kappa shape index (κ2) is 12.9. The maximum absolute atomic E-state index is 14.3. The van der Waals surface area contributed by atoms with Crippen LogP contribution in [0.1, 0.15) is 55.8 Å². The first kappa shape index (κ1) is 33.8. The molecule has 1 amide bonds. The fraction of sp³-hybridized carbons (Fsp3) is 0.265. The van der Waals surface area contributed by atoms with Crippen molar-refractivity contribution in [3.05, 3.63) is 112 Å². The van der Waals surface area contributed by atoms with Crippen LogP contribution in [-0.4, -0.2) is 32.9 Å². The molecule has 47 heavy (non-hydrogen) atoms. The fourth-order valence-corrected chi connectivity index (χ4v) is 6.90. The van der Waals surface area contributed by atoms with Crippen LogP contribution in [-0.2, 0) is 14.9 Å². The molecule has 0 aromatic heterocycles. The van der Waals surface area contributed by atoms with Crippen molar-refractivity contribution in [2.24, 2.45) is 5.92 Å². The average molecular weight is 678 g/mol. The number of hydrogen-bond donors (Lipinski definition) is 0. The van der Waals surface area contributed by atoms with E-state index in [9.17, 15) is 39.6 Å². The molecule has 4 aromatic carbocycles. The summed E-state index contributed by atoms with van der Waals surface area (Å²) in [6, 6.07) is 14.0. The van der Waals surface area contributed by atoms with E-state index in [4.69, 9.17) is 4.74 Å². The van der Waals surface area contributed by atoms with Crippen molar-refractivity contribution in [2.75, 3.05) is 13.7 Å². The number of rotatable bonds is 8. The lowest BCUT2D eigenvalue weighted by Gasteiger charge is -2.42. The zero-order valence-electron chi connectivity index (χ0n) is 25.6. The van der Waals surface area contributed by atoms with Crippen molar-refractivity contribution < 1.29 is 48.5 Å². The molecule has 1 heterocycles. The largest absolute Gasteiger partial charge is 0.496 e. The number of ether oxygens (including phenoxy) is 1. The fourth-order valence-electron chi connectivity index (χ4n) is 5.94. The van der Waals surface area contributed by atoms with Gasteiger partial charge in [0.15, 0.2) is 0 Å². The summed E-state index contributed by atoms with van der Waals surface area (Å²) in [5, 5.41) is 0. The Labute approximate surface area is 267 Å². The molecular formula is C34H29F6NO5S. The third kappa shape index (κ3) is 6.40. The second-order valence-electron chi connectivity index (χ2n) is 11.6. The molecule has 2 unspecified atom stereocenters. The number of nitrogens with zero attached hydrogens (tertiary/aromatic N) is 1. The average Bonchev–Trinajstić information content (AvgIpc) is 3.04. The smallest absolute Gasteiger partial charge is 0.339 e. The van der Waals surface area contributed by atoms with Crippen LogP contribution in [0.25, 0.3) is 11.1 Å². The predicted molar refractivity (Wildman–Crippen MR) is 160 cm³/mol. The third-order valence-electron chi connectivity index (χ3n) is 8.02. The highest BCUT2D eigenvalue weighted by Gasteiger charge is 2.39. The molecule has 0 saturated heterocycles. The quantitative estimate of drug-likeness (QED) is 0.0817. The van der Waals surface area contributed by atoms with Crippen LogP contribution in [0.5, 0.6) is 11.5 Å². The summed E-state index contributed by atoms with van der Waals surface area (Å²) in [4.78, 5) is 14.1. The number of carbonyl (C=O) groups excluding carboxylic acids is 1. The molecule has 0 radical (unpaired) electrons. The van der Waals surface area contributed by atoms with E-state index in [0.29, 0.717) is 40.0 Å². The normalized spacial score (nSPS) is 16.3. The van der Waals surface area contributed by atoms with Gasteiger partial charge in [0.25, 0.3) is 0 Å². The Bertz CT molecular complexity index is 1960. The van der Waals surface area contributed by atoms with Gasteiger partial charge in [-0.25, -0.2) is 17.6 Å². The third-order valence-corrected chi connectivity index (χ3v) is 9.24. The molecule has 0 spiro atoms. The van der Waals surface area contributed by atoms with Crippen LogP contribution in [0.15, 0.2) is 65.6 Å². The van der Waals surface area contributed by atoms with Crippen LogP contribution in [0, 0.1) is 40.8 Å². The lowest BCUT2D eigenvalue weighted by molar-refractivity contribution is -0.131. The minimum atomic E-state index is -5.13. The summed E-state index contributed by atoms with van der Waals surface area (Å²) in [5.41, 5.74) is 2.76. The Balaban J connectivity index is 1.65. The first-order valence-corrected chi connectivity index (χ1v) is 15.9. The minimum Gasteiger partial charge on any atom is -0.496 e. The summed E-state index contributed by atoms with van der Waals surface area (Å²) in [5.74, 6) is -14.7. The van der Waals surface area contributed by atoms with Gasteiger partial charge in [0.1, 0.15) is 16.5 Å². The van der Waals surface area contributed by atoms with E-state index in [-0.39, 0.29) is 18.4 Å². The van der Waals surface area contributed by atoms with Crippen LogP contribution in [0.3, 0.4) is 0 Å². The zero-order valence-corrected chi connectivity index (χ0v) is 26.4. The SMILES string of the molecule is COc1cc(-c2cccc(F)c2)ccc1C1c2ccc(S(=O)(=O)Oc3c(F)c(F)c(F)c(F)c3F)cc2C(CC(C)C)CN1C(C)=O. The molecule has 1 aliphatic rings. The Morgan fingerprint density at radius 3 is 2.04 bits per heavy atom. The first-order valence-electron chi connectivity index (χ1n) is 14.4. The Hall–Kier alpha value is -4.52. The summed E-state index contributed by atoms with van der Waals surface area (Å²) in [6.07, 6.45) is 0.501. The number of benzene rings is 4. The molecule has 0 N–H and O–H groups in total. The van der Waals surface area contributed by atoms with Crippen molar-refractivity contribution in [1.29, 1.82) is 0 Å². The maximum Gasteiger partial charge on any atom is 0.339 e. The van der Waals surface area contributed by atoms with E-state index in [2.05, 4.69) is 4.18 Å². The van der Waals surface area contributed by atoms with Gasteiger partial charge in [-0.05, 0) is 64.9 Å². The van der Waals surface area contributed by atoms with Gasteiger partial charge in [0.05, 0.1) is 13.2 Å². The molecular weight excluding hydrogens is 648 g/mol. The van der Waals surface area contributed by atoms with Gasteiger partial charge in [-0.15, -0.1) is 0 Å². The summed E-state index contributed by atoms with van der Waals surface area (Å²) >= 11 is 0. The predicted octanol–water partition coefficient (Wildman–Crippen LogP) is 8.05. The number of fused-ring (bicyclic) bond motifs is 1. The molecule has 13 heteroatoms.